The van der Waals surface area contributed by atoms with Gasteiger partial charge < -0.3 is 5.11 Å². The van der Waals surface area contributed by atoms with Gasteiger partial charge in [-0.3, -0.25) is 4.68 Å². The summed E-state index contributed by atoms with van der Waals surface area (Å²) in [6.45, 7) is 0.789. The number of hydrogen-bond donors (Lipinski definition) is 1. The van der Waals surface area contributed by atoms with E-state index in [4.69, 9.17) is 5.10 Å². The van der Waals surface area contributed by atoms with Gasteiger partial charge in [-0.1, -0.05) is 72.8 Å². The third kappa shape index (κ3) is 2.70. The Morgan fingerprint density at radius 1 is 0.750 bits per heavy atom. The van der Waals surface area contributed by atoms with Crippen LogP contribution < -0.4 is 0 Å². The number of benzene rings is 3. The van der Waals surface area contributed by atoms with Crippen molar-refractivity contribution in [3.63, 3.8) is 0 Å². The van der Waals surface area contributed by atoms with Crippen LogP contribution in [-0.4, -0.2) is 14.9 Å². The molecule has 0 aliphatic heterocycles. The summed E-state index contributed by atoms with van der Waals surface area (Å²) in [4.78, 5) is 0. The van der Waals surface area contributed by atoms with Crippen molar-refractivity contribution in [2.24, 2.45) is 0 Å². The molecule has 4 rings (SSSR count). The summed E-state index contributed by atoms with van der Waals surface area (Å²) < 4.78 is 2.06. The van der Waals surface area contributed by atoms with Crippen molar-refractivity contribution < 1.29 is 5.11 Å². The zero-order chi connectivity index (χ0) is 16.4. The Labute approximate surface area is 140 Å². The standard InChI is InChI=1S/C21H18N2O/c24-15-17-10-12-18(13-11-17)21-19-8-4-5-9-20(19)22-23(21)14-16-6-2-1-3-7-16/h1-13,24H,14-15H2. The number of fused-ring (bicyclic) bond motifs is 1. The smallest absolute Gasteiger partial charge is 0.0930 e. The number of rotatable bonds is 4. The number of nitrogens with zero attached hydrogens (tertiary/aromatic N) is 2. The highest BCUT2D eigenvalue weighted by atomic mass is 16.3. The Hall–Kier alpha value is -2.91. The maximum absolute atomic E-state index is 9.26. The molecule has 3 nitrogen and oxygen atoms in total. The van der Waals surface area contributed by atoms with Gasteiger partial charge >= 0.3 is 0 Å². The SMILES string of the molecule is OCc1ccc(-c2c3ccccc3nn2Cc2ccccc2)cc1. The third-order valence-electron chi connectivity index (χ3n) is 4.23. The summed E-state index contributed by atoms with van der Waals surface area (Å²) in [7, 11) is 0. The fourth-order valence-electron chi connectivity index (χ4n) is 3.02. The van der Waals surface area contributed by atoms with Crippen molar-refractivity contribution in [3.05, 3.63) is 90.0 Å². The molecule has 0 amide bonds. The van der Waals surface area contributed by atoms with Crippen LogP contribution >= 0.6 is 0 Å². The first-order valence-electron chi connectivity index (χ1n) is 8.05. The Kier molecular flexibility index (Phi) is 3.85. The van der Waals surface area contributed by atoms with Gasteiger partial charge in [0.2, 0.25) is 0 Å². The summed E-state index contributed by atoms with van der Waals surface area (Å²) in [5.41, 5.74) is 5.35. The molecule has 1 N–H and O–H groups in total. The highest BCUT2D eigenvalue weighted by Gasteiger charge is 2.13. The molecule has 1 aromatic heterocycles. The van der Waals surface area contributed by atoms with Gasteiger partial charge in [-0.05, 0) is 17.2 Å². The van der Waals surface area contributed by atoms with Gasteiger partial charge in [0.25, 0.3) is 0 Å². The van der Waals surface area contributed by atoms with Crippen molar-refractivity contribution in [2.75, 3.05) is 0 Å². The Morgan fingerprint density at radius 3 is 2.21 bits per heavy atom. The zero-order valence-corrected chi connectivity index (χ0v) is 13.3. The minimum Gasteiger partial charge on any atom is -0.392 e. The van der Waals surface area contributed by atoms with Crippen molar-refractivity contribution >= 4 is 10.9 Å². The molecule has 4 aromatic rings. The van der Waals surface area contributed by atoms with Crippen LogP contribution in [0.3, 0.4) is 0 Å². The van der Waals surface area contributed by atoms with Gasteiger partial charge in [0.15, 0.2) is 0 Å². The van der Waals surface area contributed by atoms with Gasteiger partial charge in [-0.25, -0.2) is 0 Å². The molecule has 0 radical (unpaired) electrons. The summed E-state index contributed by atoms with van der Waals surface area (Å²) >= 11 is 0. The molecule has 0 unspecified atom stereocenters. The van der Waals surface area contributed by atoms with Crippen LogP contribution in [0.1, 0.15) is 11.1 Å². The van der Waals surface area contributed by atoms with E-state index in [-0.39, 0.29) is 6.61 Å². The van der Waals surface area contributed by atoms with Gasteiger partial charge in [0.1, 0.15) is 0 Å². The third-order valence-corrected chi connectivity index (χ3v) is 4.23. The molecular formula is C21H18N2O. The lowest BCUT2D eigenvalue weighted by molar-refractivity contribution is 0.282. The van der Waals surface area contributed by atoms with E-state index >= 15 is 0 Å². The molecule has 3 aromatic carbocycles. The van der Waals surface area contributed by atoms with E-state index in [9.17, 15) is 5.11 Å². The second-order valence-electron chi connectivity index (χ2n) is 5.86. The summed E-state index contributed by atoms with van der Waals surface area (Å²) in [6.07, 6.45) is 0. The molecule has 118 valence electrons. The van der Waals surface area contributed by atoms with Crippen molar-refractivity contribution in [2.45, 2.75) is 13.2 Å². The van der Waals surface area contributed by atoms with E-state index in [0.717, 1.165) is 34.3 Å². The van der Waals surface area contributed by atoms with Crippen LogP contribution in [-0.2, 0) is 13.2 Å². The van der Waals surface area contributed by atoms with Crippen LogP contribution in [0.4, 0.5) is 0 Å². The van der Waals surface area contributed by atoms with Gasteiger partial charge in [-0.2, -0.15) is 5.10 Å². The van der Waals surface area contributed by atoms with E-state index in [1.54, 1.807) is 0 Å². The van der Waals surface area contributed by atoms with Crippen molar-refractivity contribution in [1.29, 1.82) is 0 Å². The second kappa shape index (κ2) is 6.30. The lowest BCUT2D eigenvalue weighted by Gasteiger charge is -2.09. The van der Waals surface area contributed by atoms with E-state index < -0.39 is 0 Å². The first-order chi connectivity index (χ1) is 11.8. The van der Waals surface area contributed by atoms with E-state index in [0.29, 0.717) is 0 Å². The van der Waals surface area contributed by atoms with Gasteiger partial charge in [0.05, 0.1) is 24.4 Å². The van der Waals surface area contributed by atoms with Crippen LogP contribution in [0.25, 0.3) is 22.2 Å². The molecule has 0 spiro atoms. The molecule has 3 heteroatoms. The zero-order valence-electron chi connectivity index (χ0n) is 13.3. The van der Waals surface area contributed by atoms with Crippen LogP contribution in [0.5, 0.6) is 0 Å². The van der Waals surface area contributed by atoms with Crippen molar-refractivity contribution in [1.82, 2.24) is 9.78 Å². The number of aliphatic hydroxyl groups excluding tert-OH is 1. The molecule has 0 fully saturated rings. The molecule has 1 heterocycles. The molecule has 0 bridgehead atoms. The average Bonchev–Trinajstić information content (AvgIpc) is 3.00. The van der Waals surface area contributed by atoms with Crippen LogP contribution in [0.2, 0.25) is 0 Å². The monoisotopic (exact) mass is 314 g/mol. The predicted molar refractivity (Wildman–Crippen MR) is 96.6 cm³/mol. The normalized spacial score (nSPS) is 11.0. The Balaban J connectivity index is 1.86. The minimum atomic E-state index is 0.0598. The van der Waals surface area contributed by atoms with Crippen LogP contribution in [0, 0.1) is 0 Å². The first kappa shape index (κ1) is 14.7. The Bertz CT molecular complexity index is 956. The van der Waals surface area contributed by atoms with Crippen molar-refractivity contribution in [3.8, 4) is 11.3 Å². The lowest BCUT2D eigenvalue weighted by atomic mass is 10.1. The first-order valence-corrected chi connectivity index (χ1v) is 8.05. The molecule has 0 aliphatic rings. The largest absolute Gasteiger partial charge is 0.392 e. The topological polar surface area (TPSA) is 38.1 Å². The maximum atomic E-state index is 9.26. The average molecular weight is 314 g/mol. The van der Waals surface area contributed by atoms with Crippen LogP contribution in [0.15, 0.2) is 78.9 Å². The lowest BCUT2D eigenvalue weighted by Crippen LogP contribution is -2.03. The molecule has 24 heavy (non-hydrogen) atoms. The highest BCUT2D eigenvalue weighted by molar-refractivity contribution is 5.93. The molecule has 0 aliphatic carbocycles. The summed E-state index contributed by atoms with van der Waals surface area (Å²) in [6, 6.07) is 26.6. The molecular weight excluding hydrogens is 296 g/mol. The number of aliphatic hydroxyl groups is 1. The Morgan fingerprint density at radius 2 is 1.46 bits per heavy atom. The maximum Gasteiger partial charge on any atom is 0.0930 e. The van der Waals surface area contributed by atoms with E-state index in [2.05, 4.69) is 35.0 Å². The summed E-state index contributed by atoms with van der Waals surface area (Å²) in [5, 5.41) is 15.2. The molecule has 0 saturated heterocycles. The molecule has 0 saturated carbocycles. The quantitative estimate of drug-likeness (QED) is 0.612. The highest BCUT2D eigenvalue weighted by Crippen LogP contribution is 2.29. The second-order valence-corrected chi connectivity index (χ2v) is 5.86. The fraction of sp³-hybridized carbons (Fsp3) is 0.0952. The number of aromatic nitrogens is 2. The molecule has 0 atom stereocenters. The van der Waals surface area contributed by atoms with E-state index in [1.807, 2.05) is 48.5 Å². The fourth-order valence-corrected chi connectivity index (χ4v) is 3.02. The van der Waals surface area contributed by atoms with Gasteiger partial charge in [-0.15, -0.1) is 0 Å². The minimum absolute atomic E-state index is 0.0598. The predicted octanol–water partition coefficient (Wildman–Crippen LogP) is 4.24. The number of hydrogen-bond acceptors (Lipinski definition) is 2. The van der Waals surface area contributed by atoms with Gasteiger partial charge in [0, 0.05) is 10.9 Å². The van der Waals surface area contributed by atoms with E-state index in [1.165, 1.54) is 5.56 Å². The summed E-state index contributed by atoms with van der Waals surface area (Å²) in [5.74, 6) is 0.